The zero-order chi connectivity index (χ0) is 9.26. The molecule has 1 saturated carbocycles. The predicted molar refractivity (Wildman–Crippen MR) is 52.7 cm³/mol. The summed E-state index contributed by atoms with van der Waals surface area (Å²) >= 11 is 3.18. The summed E-state index contributed by atoms with van der Waals surface area (Å²) in [5.41, 5.74) is 0.693. The molecule has 3 heteroatoms. The highest BCUT2D eigenvalue weighted by molar-refractivity contribution is 9.10. The Kier molecular flexibility index (Phi) is 2.54. The third-order valence-corrected chi connectivity index (χ3v) is 3.00. The Balaban J connectivity index is 1.96. The first-order valence-electron chi connectivity index (χ1n) is 4.53. The molecule has 2 nitrogen and oxygen atoms in total. The Hall–Kier alpha value is -0.570. The van der Waals surface area contributed by atoms with Gasteiger partial charge in [-0.2, -0.15) is 0 Å². The van der Waals surface area contributed by atoms with Crippen molar-refractivity contribution < 1.29 is 9.21 Å². The van der Waals surface area contributed by atoms with Gasteiger partial charge in [0.15, 0.2) is 10.5 Å². The maximum Gasteiger partial charge on any atom is 0.169 e. The standard InChI is InChI=1S/C10H11BrO2/c11-10-5-8(6-13-10)9(12)4-7-2-1-3-7/h5-7H,1-4H2. The lowest BCUT2D eigenvalue weighted by atomic mass is 9.81. The van der Waals surface area contributed by atoms with Crippen LogP contribution in [0.25, 0.3) is 0 Å². The highest BCUT2D eigenvalue weighted by atomic mass is 79.9. The number of hydrogen-bond donors (Lipinski definition) is 0. The van der Waals surface area contributed by atoms with Gasteiger partial charge in [0.2, 0.25) is 0 Å². The van der Waals surface area contributed by atoms with Crippen molar-refractivity contribution in [1.82, 2.24) is 0 Å². The van der Waals surface area contributed by atoms with Gasteiger partial charge in [-0.25, -0.2) is 0 Å². The molecule has 0 aliphatic heterocycles. The second kappa shape index (κ2) is 3.66. The number of furan rings is 1. The molecular formula is C10H11BrO2. The van der Waals surface area contributed by atoms with Crippen molar-refractivity contribution in [2.45, 2.75) is 25.7 Å². The third kappa shape index (κ3) is 2.02. The van der Waals surface area contributed by atoms with Crippen molar-refractivity contribution in [2.75, 3.05) is 0 Å². The minimum Gasteiger partial charge on any atom is -0.457 e. The Morgan fingerprint density at radius 1 is 1.62 bits per heavy atom. The first-order valence-corrected chi connectivity index (χ1v) is 5.32. The van der Waals surface area contributed by atoms with Gasteiger partial charge in [0, 0.05) is 12.5 Å². The van der Waals surface area contributed by atoms with E-state index in [4.69, 9.17) is 4.42 Å². The van der Waals surface area contributed by atoms with Gasteiger partial charge < -0.3 is 4.42 Å². The Bertz CT molecular complexity index is 312. The predicted octanol–water partition coefficient (Wildman–Crippen LogP) is 3.42. The summed E-state index contributed by atoms with van der Waals surface area (Å²) in [5.74, 6) is 0.834. The van der Waals surface area contributed by atoms with Gasteiger partial charge in [0.1, 0.15) is 6.26 Å². The van der Waals surface area contributed by atoms with Crippen LogP contribution in [0.2, 0.25) is 0 Å². The van der Waals surface area contributed by atoms with E-state index in [2.05, 4.69) is 15.9 Å². The molecule has 1 aliphatic rings. The number of ketones is 1. The zero-order valence-corrected chi connectivity index (χ0v) is 8.84. The topological polar surface area (TPSA) is 30.2 Å². The van der Waals surface area contributed by atoms with E-state index in [0.29, 0.717) is 22.6 Å². The van der Waals surface area contributed by atoms with E-state index in [9.17, 15) is 4.79 Å². The molecule has 0 aromatic carbocycles. The summed E-state index contributed by atoms with van der Waals surface area (Å²) in [6.45, 7) is 0. The summed E-state index contributed by atoms with van der Waals surface area (Å²) in [6, 6.07) is 1.74. The van der Waals surface area contributed by atoms with Crippen LogP contribution < -0.4 is 0 Å². The molecule has 0 amide bonds. The van der Waals surface area contributed by atoms with Gasteiger partial charge in [-0.15, -0.1) is 0 Å². The van der Waals surface area contributed by atoms with Gasteiger partial charge in [-0.05, 0) is 21.8 Å². The summed E-state index contributed by atoms with van der Waals surface area (Å²) < 4.78 is 5.64. The quantitative estimate of drug-likeness (QED) is 0.761. The van der Waals surface area contributed by atoms with Crippen molar-refractivity contribution in [3.05, 3.63) is 22.6 Å². The average molecular weight is 243 g/mol. The minimum absolute atomic E-state index is 0.208. The van der Waals surface area contributed by atoms with Crippen molar-refractivity contribution in [1.29, 1.82) is 0 Å². The fourth-order valence-electron chi connectivity index (χ4n) is 1.53. The van der Waals surface area contributed by atoms with Crippen molar-refractivity contribution in [3.63, 3.8) is 0 Å². The van der Waals surface area contributed by atoms with Crippen LogP contribution in [0.3, 0.4) is 0 Å². The molecule has 1 heterocycles. The molecule has 0 bridgehead atoms. The molecular weight excluding hydrogens is 232 g/mol. The smallest absolute Gasteiger partial charge is 0.169 e. The summed E-state index contributed by atoms with van der Waals surface area (Å²) in [5, 5.41) is 0. The molecule has 1 fully saturated rings. The van der Waals surface area contributed by atoms with Gasteiger partial charge in [0.25, 0.3) is 0 Å². The highest BCUT2D eigenvalue weighted by Gasteiger charge is 2.21. The van der Waals surface area contributed by atoms with Crippen LogP contribution in [-0.4, -0.2) is 5.78 Å². The number of halogens is 1. The van der Waals surface area contributed by atoms with Crippen molar-refractivity contribution >= 4 is 21.7 Å². The molecule has 1 aromatic rings. The van der Waals surface area contributed by atoms with Crippen LogP contribution in [0.1, 0.15) is 36.0 Å². The van der Waals surface area contributed by atoms with E-state index in [1.54, 1.807) is 6.07 Å². The normalized spacial score (nSPS) is 17.0. The zero-order valence-electron chi connectivity index (χ0n) is 7.25. The molecule has 0 atom stereocenters. The Labute approximate surface area is 85.4 Å². The van der Waals surface area contributed by atoms with Gasteiger partial charge >= 0.3 is 0 Å². The van der Waals surface area contributed by atoms with Crippen LogP contribution in [0.15, 0.2) is 21.4 Å². The summed E-state index contributed by atoms with van der Waals surface area (Å²) in [6.07, 6.45) is 5.92. The van der Waals surface area contributed by atoms with Crippen LogP contribution in [0.4, 0.5) is 0 Å². The van der Waals surface area contributed by atoms with E-state index in [1.807, 2.05) is 0 Å². The minimum atomic E-state index is 0.208. The lowest BCUT2D eigenvalue weighted by Crippen LogP contribution is -2.15. The Morgan fingerprint density at radius 2 is 2.38 bits per heavy atom. The molecule has 0 N–H and O–H groups in total. The molecule has 0 saturated heterocycles. The monoisotopic (exact) mass is 242 g/mol. The maximum absolute atomic E-state index is 11.6. The van der Waals surface area contributed by atoms with Gasteiger partial charge in [-0.1, -0.05) is 19.3 Å². The largest absolute Gasteiger partial charge is 0.457 e. The second-order valence-electron chi connectivity index (χ2n) is 3.56. The summed E-state index contributed by atoms with van der Waals surface area (Å²) in [4.78, 5) is 11.6. The molecule has 2 rings (SSSR count). The number of carbonyl (C=O) groups is 1. The van der Waals surface area contributed by atoms with Gasteiger partial charge in [-0.3, -0.25) is 4.79 Å². The van der Waals surface area contributed by atoms with Crippen molar-refractivity contribution in [3.8, 4) is 0 Å². The number of hydrogen-bond acceptors (Lipinski definition) is 2. The molecule has 70 valence electrons. The number of rotatable bonds is 3. The second-order valence-corrected chi connectivity index (χ2v) is 4.35. The molecule has 13 heavy (non-hydrogen) atoms. The van der Waals surface area contributed by atoms with E-state index >= 15 is 0 Å². The summed E-state index contributed by atoms with van der Waals surface area (Å²) in [7, 11) is 0. The van der Waals surface area contributed by atoms with E-state index < -0.39 is 0 Å². The van der Waals surface area contributed by atoms with Crippen LogP contribution in [0.5, 0.6) is 0 Å². The van der Waals surface area contributed by atoms with Crippen LogP contribution >= 0.6 is 15.9 Å². The Morgan fingerprint density at radius 3 is 2.85 bits per heavy atom. The maximum atomic E-state index is 11.6. The van der Waals surface area contributed by atoms with Gasteiger partial charge in [0.05, 0.1) is 5.56 Å². The number of carbonyl (C=O) groups excluding carboxylic acids is 1. The van der Waals surface area contributed by atoms with E-state index in [-0.39, 0.29) is 5.78 Å². The third-order valence-electron chi connectivity index (χ3n) is 2.59. The van der Waals surface area contributed by atoms with E-state index in [1.165, 1.54) is 25.5 Å². The fourth-order valence-corrected chi connectivity index (χ4v) is 1.87. The SMILES string of the molecule is O=C(CC1CCC1)c1coc(Br)c1. The lowest BCUT2D eigenvalue weighted by molar-refractivity contribution is 0.0936. The average Bonchev–Trinajstić information content (AvgIpc) is 2.44. The lowest BCUT2D eigenvalue weighted by Gasteiger charge is -2.23. The first kappa shape index (κ1) is 9.00. The molecule has 0 radical (unpaired) electrons. The van der Waals surface area contributed by atoms with Crippen LogP contribution in [-0.2, 0) is 0 Å². The molecule has 1 aromatic heterocycles. The molecule has 0 spiro atoms. The first-order chi connectivity index (χ1) is 6.25. The van der Waals surface area contributed by atoms with E-state index in [0.717, 1.165) is 0 Å². The fraction of sp³-hybridized carbons (Fsp3) is 0.500. The number of Topliss-reactive ketones (excluding diaryl/α,β-unsaturated/α-hetero) is 1. The van der Waals surface area contributed by atoms with Crippen molar-refractivity contribution in [2.24, 2.45) is 5.92 Å². The highest BCUT2D eigenvalue weighted by Crippen LogP contribution is 2.30. The molecule has 0 unspecified atom stereocenters. The van der Waals surface area contributed by atoms with Crippen LogP contribution in [0, 0.1) is 5.92 Å². The molecule has 1 aliphatic carbocycles.